The SMILES string of the molecule is Cc1cc(OCc2cc(Br)cc3c2OCC3)c(C(=O)O)s1. The van der Waals surface area contributed by atoms with E-state index in [1.807, 2.05) is 19.1 Å². The van der Waals surface area contributed by atoms with Crippen molar-refractivity contribution in [2.24, 2.45) is 0 Å². The summed E-state index contributed by atoms with van der Waals surface area (Å²) in [5.74, 6) is 0.317. The van der Waals surface area contributed by atoms with E-state index < -0.39 is 5.97 Å². The van der Waals surface area contributed by atoms with Crippen molar-refractivity contribution in [1.82, 2.24) is 0 Å². The monoisotopic (exact) mass is 368 g/mol. The minimum Gasteiger partial charge on any atom is -0.493 e. The third-order valence-corrected chi connectivity index (χ3v) is 4.70. The Hall–Kier alpha value is -1.53. The van der Waals surface area contributed by atoms with Crippen molar-refractivity contribution < 1.29 is 19.4 Å². The molecular weight excluding hydrogens is 356 g/mol. The average molecular weight is 369 g/mol. The molecule has 0 bridgehead atoms. The molecule has 1 aromatic carbocycles. The number of hydrogen-bond acceptors (Lipinski definition) is 4. The molecule has 2 heterocycles. The largest absolute Gasteiger partial charge is 0.493 e. The van der Waals surface area contributed by atoms with Gasteiger partial charge in [-0.3, -0.25) is 0 Å². The van der Waals surface area contributed by atoms with Crippen molar-refractivity contribution in [2.75, 3.05) is 6.61 Å². The molecule has 1 aliphatic rings. The first-order valence-electron chi connectivity index (χ1n) is 6.45. The van der Waals surface area contributed by atoms with Gasteiger partial charge in [0.15, 0.2) is 4.88 Å². The van der Waals surface area contributed by atoms with Crippen LogP contribution in [-0.2, 0) is 13.0 Å². The van der Waals surface area contributed by atoms with E-state index >= 15 is 0 Å². The van der Waals surface area contributed by atoms with Crippen LogP contribution in [0.4, 0.5) is 0 Å². The number of aryl methyl sites for hydroxylation is 1. The third kappa shape index (κ3) is 2.91. The van der Waals surface area contributed by atoms with Crippen molar-refractivity contribution in [2.45, 2.75) is 20.0 Å². The van der Waals surface area contributed by atoms with Crippen molar-refractivity contribution in [1.29, 1.82) is 0 Å². The molecule has 1 aliphatic heterocycles. The lowest BCUT2D eigenvalue weighted by Crippen LogP contribution is -2.01. The van der Waals surface area contributed by atoms with E-state index in [4.69, 9.17) is 9.47 Å². The topological polar surface area (TPSA) is 55.8 Å². The Morgan fingerprint density at radius 1 is 1.48 bits per heavy atom. The van der Waals surface area contributed by atoms with Crippen LogP contribution in [0.2, 0.25) is 0 Å². The van der Waals surface area contributed by atoms with Gasteiger partial charge in [0, 0.05) is 21.3 Å². The van der Waals surface area contributed by atoms with Gasteiger partial charge in [-0.2, -0.15) is 0 Å². The molecule has 0 radical (unpaired) electrons. The van der Waals surface area contributed by atoms with E-state index in [9.17, 15) is 9.90 Å². The highest BCUT2D eigenvalue weighted by Crippen LogP contribution is 2.35. The lowest BCUT2D eigenvalue weighted by atomic mass is 10.1. The molecule has 0 atom stereocenters. The van der Waals surface area contributed by atoms with Crippen LogP contribution in [0.15, 0.2) is 22.7 Å². The highest BCUT2D eigenvalue weighted by molar-refractivity contribution is 9.10. The summed E-state index contributed by atoms with van der Waals surface area (Å²) in [5.41, 5.74) is 2.08. The lowest BCUT2D eigenvalue weighted by molar-refractivity contribution is 0.0697. The summed E-state index contributed by atoms with van der Waals surface area (Å²) >= 11 is 4.70. The fourth-order valence-electron chi connectivity index (χ4n) is 2.36. The number of carboxylic acid groups (broad SMARTS) is 1. The Kier molecular flexibility index (Phi) is 3.91. The molecule has 0 saturated carbocycles. The van der Waals surface area contributed by atoms with Gasteiger partial charge in [-0.25, -0.2) is 4.79 Å². The van der Waals surface area contributed by atoms with Crippen LogP contribution in [0.1, 0.15) is 25.7 Å². The summed E-state index contributed by atoms with van der Waals surface area (Å²) in [5, 5.41) is 9.17. The number of fused-ring (bicyclic) bond motifs is 1. The fraction of sp³-hybridized carbons (Fsp3) is 0.267. The number of ether oxygens (including phenoxy) is 2. The zero-order valence-electron chi connectivity index (χ0n) is 11.3. The molecule has 6 heteroatoms. The number of halogens is 1. The maximum atomic E-state index is 11.2. The molecule has 0 spiro atoms. The van der Waals surface area contributed by atoms with Crippen LogP contribution in [0, 0.1) is 6.92 Å². The number of aromatic carboxylic acids is 1. The minimum atomic E-state index is -0.959. The molecule has 1 aromatic heterocycles. The van der Waals surface area contributed by atoms with Gasteiger partial charge in [0.25, 0.3) is 0 Å². The van der Waals surface area contributed by atoms with Gasteiger partial charge >= 0.3 is 5.97 Å². The quantitative estimate of drug-likeness (QED) is 0.884. The first-order valence-corrected chi connectivity index (χ1v) is 8.06. The van der Waals surface area contributed by atoms with E-state index in [0.717, 1.165) is 32.6 Å². The highest BCUT2D eigenvalue weighted by Gasteiger charge is 2.20. The second kappa shape index (κ2) is 5.69. The Labute approximate surface area is 134 Å². The van der Waals surface area contributed by atoms with Crippen LogP contribution in [0.25, 0.3) is 0 Å². The molecule has 0 aliphatic carbocycles. The number of hydrogen-bond donors (Lipinski definition) is 1. The molecule has 110 valence electrons. The molecule has 0 fully saturated rings. The van der Waals surface area contributed by atoms with Gasteiger partial charge in [0.1, 0.15) is 18.1 Å². The molecule has 4 nitrogen and oxygen atoms in total. The first-order chi connectivity index (χ1) is 10.0. The fourth-order valence-corrected chi connectivity index (χ4v) is 3.70. The standard InChI is InChI=1S/C15H13BrO4S/c1-8-4-12(14(21-8)15(17)18)20-7-10-6-11(16)5-9-2-3-19-13(9)10/h4-6H,2-3,7H2,1H3,(H,17,18). The zero-order valence-corrected chi connectivity index (χ0v) is 13.7. The molecule has 3 rings (SSSR count). The summed E-state index contributed by atoms with van der Waals surface area (Å²) in [7, 11) is 0. The molecule has 2 aromatic rings. The predicted octanol–water partition coefficient (Wildman–Crippen LogP) is 4.03. The number of carboxylic acids is 1. The van der Waals surface area contributed by atoms with E-state index in [-0.39, 0.29) is 11.5 Å². The van der Waals surface area contributed by atoms with Crippen LogP contribution >= 0.6 is 27.3 Å². The van der Waals surface area contributed by atoms with E-state index in [2.05, 4.69) is 15.9 Å². The number of carbonyl (C=O) groups is 1. The summed E-state index contributed by atoms with van der Waals surface area (Å²) in [6, 6.07) is 5.75. The lowest BCUT2D eigenvalue weighted by Gasteiger charge is -2.10. The maximum absolute atomic E-state index is 11.2. The predicted molar refractivity (Wildman–Crippen MR) is 83.7 cm³/mol. The average Bonchev–Trinajstić information content (AvgIpc) is 3.01. The van der Waals surface area contributed by atoms with E-state index in [1.54, 1.807) is 6.07 Å². The summed E-state index contributed by atoms with van der Waals surface area (Å²) in [4.78, 5) is 12.3. The second-order valence-electron chi connectivity index (χ2n) is 4.80. The molecular formula is C15H13BrO4S. The zero-order chi connectivity index (χ0) is 15.0. The number of benzene rings is 1. The van der Waals surface area contributed by atoms with Crippen LogP contribution in [0.5, 0.6) is 11.5 Å². The molecule has 0 saturated heterocycles. The molecule has 0 unspecified atom stereocenters. The molecule has 0 amide bonds. The summed E-state index contributed by atoms with van der Waals surface area (Å²) in [6.07, 6.45) is 0.889. The summed E-state index contributed by atoms with van der Waals surface area (Å²) < 4.78 is 12.3. The second-order valence-corrected chi connectivity index (χ2v) is 6.97. The van der Waals surface area contributed by atoms with Crippen LogP contribution < -0.4 is 9.47 Å². The Morgan fingerprint density at radius 3 is 3.05 bits per heavy atom. The number of rotatable bonds is 4. The van der Waals surface area contributed by atoms with Gasteiger partial charge in [0.05, 0.1) is 6.61 Å². The van der Waals surface area contributed by atoms with E-state index in [1.165, 1.54) is 11.3 Å². The minimum absolute atomic E-state index is 0.236. The van der Waals surface area contributed by atoms with Crippen LogP contribution in [-0.4, -0.2) is 17.7 Å². The van der Waals surface area contributed by atoms with E-state index in [0.29, 0.717) is 12.4 Å². The van der Waals surface area contributed by atoms with Crippen molar-refractivity contribution >= 4 is 33.2 Å². The van der Waals surface area contributed by atoms with Gasteiger partial charge in [0.2, 0.25) is 0 Å². The van der Waals surface area contributed by atoms with Crippen molar-refractivity contribution in [3.05, 3.63) is 43.6 Å². The van der Waals surface area contributed by atoms with Gasteiger partial charge in [-0.1, -0.05) is 15.9 Å². The summed E-state index contributed by atoms with van der Waals surface area (Å²) in [6.45, 7) is 2.83. The normalized spacial score (nSPS) is 12.9. The molecule has 21 heavy (non-hydrogen) atoms. The van der Waals surface area contributed by atoms with Crippen molar-refractivity contribution in [3.8, 4) is 11.5 Å². The smallest absolute Gasteiger partial charge is 0.349 e. The van der Waals surface area contributed by atoms with Gasteiger partial charge < -0.3 is 14.6 Å². The van der Waals surface area contributed by atoms with Crippen molar-refractivity contribution in [3.63, 3.8) is 0 Å². The molecule has 1 N–H and O–H groups in total. The highest BCUT2D eigenvalue weighted by atomic mass is 79.9. The van der Waals surface area contributed by atoms with Gasteiger partial charge in [-0.05, 0) is 30.7 Å². The first kappa shape index (κ1) is 14.4. The van der Waals surface area contributed by atoms with Crippen LogP contribution in [0.3, 0.4) is 0 Å². The number of thiophene rings is 1. The Bertz CT molecular complexity index is 708. The Morgan fingerprint density at radius 2 is 2.29 bits per heavy atom. The Balaban J connectivity index is 1.84. The van der Waals surface area contributed by atoms with Gasteiger partial charge in [-0.15, -0.1) is 11.3 Å². The maximum Gasteiger partial charge on any atom is 0.349 e. The third-order valence-electron chi connectivity index (χ3n) is 3.22.